The Morgan fingerprint density at radius 2 is 1.76 bits per heavy atom. The predicted molar refractivity (Wildman–Crippen MR) is 70.9 cm³/mol. The summed E-state index contributed by atoms with van der Waals surface area (Å²) in [5.74, 6) is 0.682. The molecule has 0 aromatic heterocycles. The number of hydrogen-bond donors (Lipinski definition) is 0. The van der Waals surface area contributed by atoms with E-state index in [4.69, 9.17) is 4.74 Å². The maximum Gasteiger partial charge on any atom is 0.126 e. The standard InChI is InChI=1S/C15H24O2/c1-13(2)8-4-5-9-14(12-16)15(17-3)10-6-7-11-15/h6-7,10-14H,4-5,8-9H2,1-3H3. The largest absolute Gasteiger partial charge is 0.369 e. The second-order valence-electron chi connectivity index (χ2n) is 5.20. The molecule has 1 aliphatic carbocycles. The molecule has 0 bridgehead atoms. The van der Waals surface area contributed by atoms with Crippen molar-refractivity contribution in [3.8, 4) is 0 Å². The second-order valence-corrected chi connectivity index (χ2v) is 5.20. The Morgan fingerprint density at radius 1 is 1.18 bits per heavy atom. The van der Waals surface area contributed by atoms with E-state index < -0.39 is 5.60 Å². The van der Waals surface area contributed by atoms with Gasteiger partial charge < -0.3 is 9.53 Å². The molecule has 0 heterocycles. The average molecular weight is 236 g/mol. The van der Waals surface area contributed by atoms with Gasteiger partial charge in [-0.15, -0.1) is 0 Å². The lowest BCUT2D eigenvalue weighted by atomic mass is 9.85. The monoisotopic (exact) mass is 236 g/mol. The summed E-state index contributed by atoms with van der Waals surface area (Å²) in [4.78, 5) is 11.2. The predicted octanol–water partition coefficient (Wildman–Crippen LogP) is 3.53. The number of allylic oxidation sites excluding steroid dienone is 2. The highest BCUT2D eigenvalue weighted by atomic mass is 16.5. The van der Waals surface area contributed by atoms with Gasteiger partial charge in [-0.05, 0) is 24.5 Å². The van der Waals surface area contributed by atoms with Crippen molar-refractivity contribution in [1.29, 1.82) is 0 Å². The third-order valence-electron chi connectivity index (χ3n) is 3.47. The molecule has 0 saturated heterocycles. The number of carbonyl (C=O) groups is 1. The third kappa shape index (κ3) is 3.81. The van der Waals surface area contributed by atoms with Crippen LogP contribution in [0.4, 0.5) is 0 Å². The summed E-state index contributed by atoms with van der Waals surface area (Å²) in [5, 5.41) is 0. The molecule has 1 unspecified atom stereocenters. The Balaban J connectivity index is 2.45. The fourth-order valence-corrected chi connectivity index (χ4v) is 2.32. The zero-order valence-electron chi connectivity index (χ0n) is 11.2. The first-order valence-corrected chi connectivity index (χ1v) is 6.52. The SMILES string of the molecule is COC1(C(C=O)CCCCC(C)C)C=CC=C1. The van der Waals surface area contributed by atoms with Gasteiger partial charge in [0.1, 0.15) is 11.9 Å². The topological polar surface area (TPSA) is 26.3 Å². The molecule has 0 N–H and O–H groups in total. The van der Waals surface area contributed by atoms with Crippen molar-refractivity contribution in [3.05, 3.63) is 24.3 Å². The zero-order chi connectivity index (χ0) is 12.7. The van der Waals surface area contributed by atoms with Crippen molar-refractivity contribution in [2.75, 3.05) is 7.11 Å². The maximum atomic E-state index is 11.2. The van der Waals surface area contributed by atoms with Crippen molar-refractivity contribution >= 4 is 6.29 Å². The minimum Gasteiger partial charge on any atom is -0.369 e. The molecule has 2 nitrogen and oxygen atoms in total. The lowest BCUT2D eigenvalue weighted by Gasteiger charge is -2.29. The molecular weight excluding hydrogens is 212 g/mol. The molecule has 0 spiro atoms. The van der Waals surface area contributed by atoms with Gasteiger partial charge in [0.2, 0.25) is 0 Å². The fourth-order valence-electron chi connectivity index (χ4n) is 2.32. The molecular formula is C15H24O2. The number of unbranched alkanes of at least 4 members (excludes halogenated alkanes) is 1. The Labute approximate surface area is 105 Å². The van der Waals surface area contributed by atoms with Crippen LogP contribution in [-0.4, -0.2) is 19.0 Å². The lowest BCUT2D eigenvalue weighted by molar-refractivity contribution is -0.117. The van der Waals surface area contributed by atoms with Crippen molar-refractivity contribution in [1.82, 2.24) is 0 Å². The lowest BCUT2D eigenvalue weighted by Crippen LogP contribution is -2.36. The van der Waals surface area contributed by atoms with Crippen LogP contribution in [0, 0.1) is 11.8 Å². The Morgan fingerprint density at radius 3 is 2.24 bits per heavy atom. The molecule has 0 aliphatic heterocycles. The summed E-state index contributed by atoms with van der Waals surface area (Å²) in [6.45, 7) is 4.46. The van der Waals surface area contributed by atoms with Crippen molar-refractivity contribution in [2.24, 2.45) is 11.8 Å². The van der Waals surface area contributed by atoms with E-state index in [1.165, 1.54) is 12.8 Å². The molecule has 0 radical (unpaired) electrons. The summed E-state index contributed by atoms with van der Waals surface area (Å²) in [6, 6.07) is 0. The molecule has 0 aromatic rings. The van der Waals surface area contributed by atoms with Crippen LogP contribution < -0.4 is 0 Å². The quantitative estimate of drug-likeness (QED) is 0.476. The first-order valence-electron chi connectivity index (χ1n) is 6.52. The van der Waals surface area contributed by atoms with Crippen LogP contribution in [0.5, 0.6) is 0 Å². The van der Waals surface area contributed by atoms with Gasteiger partial charge in [-0.25, -0.2) is 0 Å². The van der Waals surface area contributed by atoms with E-state index in [0.717, 1.165) is 25.0 Å². The third-order valence-corrected chi connectivity index (χ3v) is 3.47. The van der Waals surface area contributed by atoms with Crippen LogP contribution in [0.3, 0.4) is 0 Å². The number of aldehydes is 1. The van der Waals surface area contributed by atoms with E-state index in [0.29, 0.717) is 0 Å². The van der Waals surface area contributed by atoms with E-state index >= 15 is 0 Å². The van der Waals surface area contributed by atoms with Crippen LogP contribution in [-0.2, 0) is 9.53 Å². The molecule has 0 aromatic carbocycles. The van der Waals surface area contributed by atoms with Crippen molar-refractivity contribution in [3.63, 3.8) is 0 Å². The summed E-state index contributed by atoms with van der Waals surface area (Å²) in [5.41, 5.74) is -0.487. The van der Waals surface area contributed by atoms with E-state index in [2.05, 4.69) is 13.8 Å². The first kappa shape index (κ1) is 14.2. The van der Waals surface area contributed by atoms with E-state index in [-0.39, 0.29) is 5.92 Å². The second kappa shape index (κ2) is 6.75. The molecule has 96 valence electrons. The maximum absolute atomic E-state index is 11.2. The zero-order valence-corrected chi connectivity index (χ0v) is 11.2. The summed E-state index contributed by atoms with van der Waals surface area (Å²) < 4.78 is 5.53. The molecule has 0 fully saturated rings. The molecule has 2 heteroatoms. The van der Waals surface area contributed by atoms with E-state index in [1.807, 2.05) is 24.3 Å². The van der Waals surface area contributed by atoms with Crippen LogP contribution in [0.1, 0.15) is 39.5 Å². The fraction of sp³-hybridized carbons (Fsp3) is 0.667. The smallest absolute Gasteiger partial charge is 0.126 e. The van der Waals surface area contributed by atoms with Gasteiger partial charge in [-0.1, -0.05) is 45.3 Å². The Bertz CT molecular complexity index is 277. The van der Waals surface area contributed by atoms with Gasteiger partial charge >= 0.3 is 0 Å². The summed E-state index contributed by atoms with van der Waals surface area (Å²) >= 11 is 0. The summed E-state index contributed by atoms with van der Waals surface area (Å²) in [6.07, 6.45) is 13.3. The van der Waals surface area contributed by atoms with Gasteiger partial charge in [0, 0.05) is 7.11 Å². The number of carbonyl (C=O) groups excluding carboxylic acids is 1. The van der Waals surface area contributed by atoms with Gasteiger partial charge in [0.15, 0.2) is 0 Å². The highest BCUT2D eigenvalue weighted by molar-refractivity contribution is 5.59. The molecule has 1 rings (SSSR count). The van der Waals surface area contributed by atoms with Gasteiger partial charge in [-0.3, -0.25) is 0 Å². The van der Waals surface area contributed by atoms with E-state index in [9.17, 15) is 4.79 Å². The molecule has 1 aliphatic rings. The number of methoxy groups -OCH3 is 1. The molecule has 0 saturated carbocycles. The van der Waals surface area contributed by atoms with Crippen molar-refractivity contribution < 1.29 is 9.53 Å². The van der Waals surface area contributed by atoms with Gasteiger partial charge in [0.25, 0.3) is 0 Å². The normalized spacial score (nSPS) is 18.8. The van der Waals surface area contributed by atoms with Crippen LogP contribution in [0.15, 0.2) is 24.3 Å². The average Bonchev–Trinajstić information content (AvgIpc) is 2.78. The van der Waals surface area contributed by atoms with Gasteiger partial charge in [0.05, 0.1) is 5.92 Å². The highest BCUT2D eigenvalue weighted by Gasteiger charge is 2.35. The van der Waals surface area contributed by atoms with Crippen molar-refractivity contribution in [2.45, 2.75) is 45.1 Å². The van der Waals surface area contributed by atoms with Crippen LogP contribution >= 0.6 is 0 Å². The molecule has 17 heavy (non-hydrogen) atoms. The Kier molecular flexibility index (Phi) is 5.63. The number of hydrogen-bond acceptors (Lipinski definition) is 2. The molecule has 1 atom stereocenters. The Hall–Kier alpha value is -0.890. The van der Waals surface area contributed by atoms with Crippen LogP contribution in [0.2, 0.25) is 0 Å². The number of rotatable bonds is 8. The van der Waals surface area contributed by atoms with Gasteiger partial charge in [-0.2, -0.15) is 0 Å². The molecule has 0 amide bonds. The first-order chi connectivity index (χ1) is 8.14. The number of ether oxygens (including phenoxy) is 1. The van der Waals surface area contributed by atoms with E-state index in [1.54, 1.807) is 7.11 Å². The highest BCUT2D eigenvalue weighted by Crippen LogP contribution is 2.31. The minimum absolute atomic E-state index is 0.0605. The summed E-state index contributed by atoms with van der Waals surface area (Å²) in [7, 11) is 1.67. The van der Waals surface area contributed by atoms with Crippen LogP contribution in [0.25, 0.3) is 0 Å². The minimum atomic E-state index is -0.487.